The van der Waals surface area contributed by atoms with Gasteiger partial charge in [0.1, 0.15) is 0 Å². The molecule has 0 bridgehead atoms. The Bertz CT molecular complexity index is 955. The molecule has 24 heavy (non-hydrogen) atoms. The minimum absolute atomic E-state index is 0.224. The molecule has 0 saturated heterocycles. The topological polar surface area (TPSA) is 64.2 Å². The van der Waals surface area contributed by atoms with Crippen LogP contribution in [-0.4, -0.2) is 25.1 Å². The number of rotatable bonds is 4. The van der Waals surface area contributed by atoms with Crippen molar-refractivity contribution in [3.05, 3.63) is 84.7 Å². The van der Waals surface area contributed by atoms with Crippen molar-refractivity contribution in [3.63, 3.8) is 0 Å². The van der Waals surface area contributed by atoms with Crippen LogP contribution >= 0.6 is 0 Å². The van der Waals surface area contributed by atoms with Crippen molar-refractivity contribution in [2.24, 2.45) is 0 Å². The molecule has 0 spiro atoms. The average Bonchev–Trinajstić information content (AvgIpc) is 3.24. The van der Waals surface area contributed by atoms with Crippen LogP contribution in [0.2, 0.25) is 0 Å². The molecule has 1 aromatic carbocycles. The van der Waals surface area contributed by atoms with Crippen LogP contribution in [0, 0.1) is 0 Å². The number of benzene rings is 1. The maximum atomic E-state index is 12.4. The smallest absolute Gasteiger partial charge is 0.276 e. The molecule has 0 atom stereocenters. The van der Waals surface area contributed by atoms with E-state index in [1.54, 1.807) is 23.1 Å². The summed E-state index contributed by atoms with van der Waals surface area (Å²) in [5.41, 5.74) is 3.10. The van der Waals surface area contributed by atoms with Gasteiger partial charge in [0.2, 0.25) is 0 Å². The van der Waals surface area contributed by atoms with Gasteiger partial charge in [-0.3, -0.25) is 4.79 Å². The largest absolute Gasteiger partial charge is 0.333 e. The Morgan fingerprint density at radius 3 is 2.88 bits per heavy atom. The van der Waals surface area contributed by atoms with Crippen LogP contribution in [0.5, 0.6) is 0 Å². The van der Waals surface area contributed by atoms with Crippen molar-refractivity contribution in [1.29, 1.82) is 0 Å². The van der Waals surface area contributed by atoms with Gasteiger partial charge in [-0.2, -0.15) is 5.10 Å². The van der Waals surface area contributed by atoms with Crippen LogP contribution in [0.3, 0.4) is 0 Å². The molecular formula is C18H15N5O. The van der Waals surface area contributed by atoms with Crippen molar-refractivity contribution < 1.29 is 4.79 Å². The Morgan fingerprint density at radius 1 is 1.08 bits per heavy atom. The Kier molecular flexibility index (Phi) is 3.55. The number of nitrogens with one attached hydrogen (secondary N) is 1. The zero-order valence-corrected chi connectivity index (χ0v) is 12.8. The van der Waals surface area contributed by atoms with E-state index in [1.807, 2.05) is 59.4 Å². The third kappa shape index (κ3) is 2.89. The van der Waals surface area contributed by atoms with Crippen LogP contribution in [0.4, 0.5) is 5.69 Å². The van der Waals surface area contributed by atoms with Gasteiger partial charge in [0, 0.05) is 30.8 Å². The molecule has 0 radical (unpaired) electrons. The number of fused-ring (bicyclic) bond motifs is 1. The van der Waals surface area contributed by atoms with Crippen LogP contribution in [0.25, 0.3) is 5.52 Å². The van der Waals surface area contributed by atoms with Gasteiger partial charge < -0.3 is 9.88 Å². The first-order valence-corrected chi connectivity index (χ1v) is 7.58. The van der Waals surface area contributed by atoms with Crippen molar-refractivity contribution in [2.75, 3.05) is 5.32 Å². The number of carbonyl (C=O) groups is 1. The Labute approximate surface area is 138 Å². The molecule has 0 aliphatic carbocycles. The standard InChI is InChI=1S/C18H15N5O/c24-18(17-11-16-6-1-2-8-23(16)21-17)20-15-5-3-4-14(10-15)12-22-9-7-19-13-22/h1-11,13H,12H2,(H,20,24). The normalized spacial score (nSPS) is 10.8. The lowest BCUT2D eigenvalue weighted by Crippen LogP contribution is -2.13. The van der Waals surface area contributed by atoms with E-state index in [1.165, 1.54) is 0 Å². The minimum atomic E-state index is -0.224. The third-order valence-electron chi connectivity index (χ3n) is 3.71. The number of pyridine rings is 1. The number of nitrogens with zero attached hydrogens (tertiary/aromatic N) is 4. The zero-order chi connectivity index (χ0) is 16.4. The van der Waals surface area contributed by atoms with Gasteiger partial charge in [0.05, 0.1) is 11.8 Å². The van der Waals surface area contributed by atoms with Crippen molar-refractivity contribution in [3.8, 4) is 0 Å². The summed E-state index contributed by atoms with van der Waals surface area (Å²) in [5, 5.41) is 7.18. The highest BCUT2D eigenvalue weighted by molar-refractivity contribution is 6.03. The summed E-state index contributed by atoms with van der Waals surface area (Å²) >= 11 is 0. The number of anilines is 1. The molecule has 6 nitrogen and oxygen atoms in total. The fourth-order valence-corrected chi connectivity index (χ4v) is 2.58. The summed E-state index contributed by atoms with van der Waals surface area (Å²) in [7, 11) is 0. The van der Waals surface area contributed by atoms with Crippen LogP contribution in [0.1, 0.15) is 16.1 Å². The van der Waals surface area contributed by atoms with E-state index in [2.05, 4.69) is 15.4 Å². The molecular weight excluding hydrogens is 302 g/mol. The maximum Gasteiger partial charge on any atom is 0.276 e. The van der Waals surface area contributed by atoms with E-state index in [0.717, 1.165) is 16.8 Å². The molecule has 118 valence electrons. The molecule has 0 aliphatic heterocycles. The van der Waals surface area contributed by atoms with Crippen LogP contribution < -0.4 is 5.32 Å². The SMILES string of the molecule is O=C(Nc1cccc(Cn2ccnc2)c1)c1cc2ccccn2n1. The number of amides is 1. The van der Waals surface area contributed by atoms with Crippen molar-refractivity contribution in [1.82, 2.24) is 19.2 Å². The molecule has 3 heterocycles. The molecule has 4 rings (SSSR count). The number of aromatic nitrogens is 4. The average molecular weight is 317 g/mol. The first-order valence-electron chi connectivity index (χ1n) is 7.58. The lowest BCUT2D eigenvalue weighted by molar-refractivity contribution is 0.102. The monoisotopic (exact) mass is 317 g/mol. The molecule has 3 aromatic heterocycles. The van der Waals surface area contributed by atoms with E-state index >= 15 is 0 Å². The number of imidazole rings is 1. The van der Waals surface area contributed by atoms with E-state index in [0.29, 0.717) is 12.2 Å². The fourth-order valence-electron chi connectivity index (χ4n) is 2.58. The summed E-state index contributed by atoms with van der Waals surface area (Å²) in [6, 6.07) is 15.2. The summed E-state index contributed by atoms with van der Waals surface area (Å²) < 4.78 is 3.66. The summed E-state index contributed by atoms with van der Waals surface area (Å²) in [6.07, 6.45) is 7.23. The first kappa shape index (κ1) is 14.2. The van der Waals surface area contributed by atoms with Gasteiger partial charge in [0.25, 0.3) is 5.91 Å². The van der Waals surface area contributed by atoms with E-state index in [9.17, 15) is 4.79 Å². The quantitative estimate of drug-likeness (QED) is 0.629. The van der Waals surface area contributed by atoms with Crippen molar-refractivity contribution >= 4 is 17.1 Å². The third-order valence-corrected chi connectivity index (χ3v) is 3.71. The number of hydrogen-bond acceptors (Lipinski definition) is 3. The second-order valence-corrected chi connectivity index (χ2v) is 5.49. The molecule has 0 aliphatic rings. The number of carbonyl (C=O) groups excluding carboxylic acids is 1. The van der Waals surface area contributed by atoms with Crippen LogP contribution in [-0.2, 0) is 6.54 Å². The lowest BCUT2D eigenvalue weighted by Gasteiger charge is -2.07. The van der Waals surface area contributed by atoms with E-state index < -0.39 is 0 Å². The van der Waals surface area contributed by atoms with Gasteiger partial charge in [-0.1, -0.05) is 18.2 Å². The first-order chi connectivity index (χ1) is 11.8. The molecule has 1 N–H and O–H groups in total. The summed E-state index contributed by atoms with van der Waals surface area (Å²) in [5.74, 6) is -0.224. The van der Waals surface area contributed by atoms with Gasteiger partial charge >= 0.3 is 0 Å². The molecule has 0 saturated carbocycles. The van der Waals surface area contributed by atoms with Crippen LogP contribution in [0.15, 0.2) is 73.4 Å². The molecule has 6 heteroatoms. The molecule has 4 aromatic rings. The Morgan fingerprint density at radius 2 is 2.04 bits per heavy atom. The molecule has 0 fully saturated rings. The van der Waals surface area contributed by atoms with Crippen molar-refractivity contribution in [2.45, 2.75) is 6.54 Å². The lowest BCUT2D eigenvalue weighted by atomic mass is 10.2. The van der Waals surface area contributed by atoms with E-state index in [-0.39, 0.29) is 5.91 Å². The summed E-state index contributed by atoms with van der Waals surface area (Å²) in [4.78, 5) is 16.4. The minimum Gasteiger partial charge on any atom is -0.333 e. The predicted molar refractivity (Wildman–Crippen MR) is 90.9 cm³/mol. The Balaban J connectivity index is 1.53. The highest BCUT2D eigenvalue weighted by Crippen LogP contribution is 2.14. The second kappa shape index (κ2) is 6.00. The molecule has 0 unspecified atom stereocenters. The highest BCUT2D eigenvalue weighted by Gasteiger charge is 2.11. The zero-order valence-electron chi connectivity index (χ0n) is 12.8. The van der Waals surface area contributed by atoms with Gasteiger partial charge in [-0.15, -0.1) is 0 Å². The predicted octanol–water partition coefficient (Wildman–Crippen LogP) is 2.83. The fraction of sp³-hybridized carbons (Fsp3) is 0.0556. The number of hydrogen-bond donors (Lipinski definition) is 1. The molecule has 1 amide bonds. The van der Waals surface area contributed by atoms with Gasteiger partial charge in [-0.25, -0.2) is 9.50 Å². The van der Waals surface area contributed by atoms with Gasteiger partial charge in [-0.05, 0) is 35.9 Å². The van der Waals surface area contributed by atoms with Gasteiger partial charge in [0.15, 0.2) is 5.69 Å². The maximum absolute atomic E-state index is 12.4. The highest BCUT2D eigenvalue weighted by atomic mass is 16.1. The Hall–Kier alpha value is -3.41. The summed E-state index contributed by atoms with van der Waals surface area (Å²) in [6.45, 7) is 0.706. The van der Waals surface area contributed by atoms with E-state index in [4.69, 9.17) is 0 Å². The second-order valence-electron chi connectivity index (χ2n) is 5.49.